The van der Waals surface area contributed by atoms with Gasteiger partial charge in [0.15, 0.2) is 16.0 Å². The van der Waals surface area contributed by atoms with E-state index < -0.39 is 0 Å². The lowest BCUT2D eigenvalue weighted by molar-refractivity contribution is 0.0995. The highest BCUT2D eigenvalue weighted by Gasteiger charge is 2.13. The van der Waals surface area contributed by atoms with Crippen LogP contribution in [0.1, 0.15) is 10.6 Å². The van der Waals surface area contributed by atoms with Gasteiger partial charge in [-0.25, -0.2) is 4.98 Å². The molecule has 26 heavy (non-hydrogen) atoms. The van der Waals surface area contributed by atoms with Crippen molar-refractivity contribution in [1.29, 1.82) is 0 Å². The number of fused-ring (bicyclic) bond motifs is 1. The van der Waals surface area contributed by atoms with Crippen LogP contribution in [0.15, 0.2) is 62.0 Å². The Bertz CT molecular complexity index is 1120. The van der Waals surface area contributed by atoms with Crippen LogP contribution in [0.5, 0.6) is 0 Å². The summed E-state index contributed by atoms with van der Waals surface area (Å²) in [5.74, 6) is 0.287. The van der Waals surface area contributed by atoms with Crippen molar-refractivity contribution in [3.63, 3.8) is 0 Å². The van der Waals surface area contributed by atoms with Gasteiger partial charge in [-0.1, -0.05) is 23.2 Å². The molecule has 4 aromatic rings. The number of hydrogen-bond acceptors (Lipinski definition) is 4. The van der Waals surface area contributed by atoms with Gasteiger partial charge in [-0.05, 0) is 64.5 Å². The molecule has 8 heteroatoms. The third-order valence-electron chi connectivity index (χ3n) is 3.60. The number of nitrogens with one attached hydrogen (secondary N) is 1. The molecule has 0 aliphatic rings. The molecule has 130 valence electrons. The van der Waals surface area contributed by atoms with E-state index in [0.717, 1.165) is 5.56 Å². The number of halogens is 3. The van der Waals surface area contributed by atoms with Crippen LogP contribution in [0, 0.1) is 0 Å². The summed E-state index contributed by atoms with van der Waals surface area (Å²) in [4.78, 5) is 16.5. The Labute approximate surface area is 166 Å². The maximum Gasteiger partial charge on any atom is 0.291 e. The van der Waals surface area contributed by atoms with E-state index in [9.17, 15) is 4.79 Å². The van der Waals surface area contributed by atoms with Crippen LogP contribution in [-0.2, 0) is 0 Å². The SMILES string of the molecule is O=C(Nc1ccc(-c2nc3cc(Cl)cc(Cl)c3o2)cc1)c1ccc(Br)o1. The van der Waals surface area contributed by atoms with Crippen LogP contribution < -0.4 is 5.32 Å². The first-order valence-electron chi connectivity index (χ1n) is 7.42. The molecule has 5 nitrogen and oxygen atoms in total. The summed E-state index contributed by atoms with van der Waals surface area (Å²) in [5.41, 5.74) is 2.42. The molecule has 4 rings (SSSR count). The standard InChI is InChI=1S/C18H9BrCl2N2O3/c19-15-6-5-14(25-15)17(24)22-11-3-1-9(2-4-11)18-23-13-8-10(20)7-12(21)16(13)26-18/h1-8H,(H,22,24). The van der Waals surface area contributed by atoms with Crippen LogP contribution in [-0.4, -0.2) is 10.9 Å². The molecule has 0 atom stereocenters. The minimum atomic E-state index is -0.341. The monoisotopic (exact) mass is 450 g/mol. The number of nitrogens with zero attached hydrogens (tertiary/aromatic N) is 1. The Morgan fingerprint density at radius 3 is 2.50 bits per heavy atom. The zero-order chi connectivity index (χ0) is 18.3. The van der Waals surface area contributed by atoms with Gasteiger partial charge in [0.25, 0.3) is 5.91 Å². The van der Waals surface area contributed by atoms with Crippen molar-refractivity contribution in [2.75, 3.05) is 5.32 Å². The third-order valence-corrected chi connectivity index (χ3v) is 4.52. The van der Waals surface area contributed by atoms with Crippen molar-refractivity contribution < 1.29 is 13.6 Å². The van der Waals surface area contributed by atoms with E-state index in [2.05, 4.69) is 26.2 Å². The number of carbonyl (C=O) groups is 1. The quantitative estimate of drug-likeness (QED) is 0.390. The number of oxazole rings is 1. The molecule has 0 aliphatic heterocycles. The van der Waals surface area contributed by atoms with Crippen LogP contribution in [0.25, 0.3) is 22.6 Å². The Morgan fingerprint density at radius 2 is 1.81 bits per heavy atom. The molecule has 2 aromatic heterocycles. The van der Waals surface area contributed by atoms with Gasteiger partial charge in [0.05, 0.1) is 5.02 Å². The molecule has 1 amide bonds. The van der Waals surface area contributed by atoms with E-state index in [1.165, 1.54) is 0 Å². The summed E-state index contributed by atoms with van der Waals surface area (Å²) in [6, 6.07) is 13.6. The van der Waals surface area contributed by atoms with E-state index in [1.54, 1.807) is 48.5 Å². The lowest BCUT2D eigenvalue weighted by Gasteiger charge is -2.03. The van der Waals surface area contributed by atoms with E-state index in [-0.39, 0.29) is 11.7 Å². The molecule has 0 bridgehead atoms. The molecule has 2 aromatic carbocycles. The lowest BCUT2D eigenvalue weighted by atomic mass is 10.2. The number of furan rings is 1. The normalized spacial score (nSPS) is 11.0. The Morgan fingerprint density at radius 1 is 1.04 bits per heavy atom. The smallest absolute Gasteiger partial charge is 0.291 e. The van der Waals surface area contributed by atoms with Gasteiger partial charge in [-0.3, -0.25) is 4.79 Å². The first-order chi connectivity index (χ1) is 12.5. The second kappa shape index (κ2) is 6.79. The van der Waals surface area contributed by atoms with Crippen molar-refractivity contribution in [3.8, 4) is 11.5 Å². The first kappa shape index (κ1) is 17.1. The summed E-state index contributed by atoms with van der Waals surface area (Å²) in [5, 5.41) is 3.64. The summed E-state index contributed by atoms with van der Waals surface area (Å²) < 4.78 is 11.4. The summed E-state index contributed by atoms with van der Waals surface area (Å²) >= 11 is 15.3. The highest BCUT2D eigenvalue weighted by Crippen LogP contribution is 2.32. The number of carbonyl (C=O) groups excluding carboxylic acids is 1. The van der Waals surface area contributed by atoms with Gasteiger partial charge in [0.1, 0.15) is 5.52 Å². The molecule has 0 spiro atoms. The van der Waals surface area contributed by atoms with E-state index in [0.29, 0.717) is 37.4 Å². The van der Waals surface area contributed by atoms with Crippen LogP contribution in [0.2, 0.25) is 10.0 Å². The highest BCUT2D eigenvalue weighted by atomic mass is 79.9. The predicted molar refractivity (Wildman–Crippen MR) is 104 cm³/mol. The fraction of sp³-hybridized carbons (Fsp3) is 0. The number of benzene rings is 2. The molecule has 1 N–H and O–H groups in total. The summed E-state index contributed by atoms with van der Waals surface area (Å²) in [7, 11) is 0. The maximum absolute atomic E-state index is 12.1. The molecule has 2 heterocycles. The molecule has 0 fully saturated rings. The van der Waals surface area contributed by atoms with Crippen molar-refractivity contribution in [2.24, 2.45) is 0 Å². The van der Waals surface area contributed by atoms with Gasteiger partial charge in [0.2, 0.25) is 5.89 Å². The zero-order valence-electron chi connectivity index (χ0n) is 12.9. The number of anilines is 1. The second-order valence-electron chi connectivity index (χ2n) is 5.39. The maximum atomic E-state index is 12.1. The number of hydrogen-bond donors (Lipinski definition) is 1. The van der Waals surface area contributed by atoms with Crippen LogP contribution in [0.3, 0.4) is 0 Å². The molecule has 0 unspecified atom stereocenters. The van der Waals surface area contributed by atoms with Gasteiger partial charge in [-0.15, -0.1) is 0 Å². The summed E-state index contributed by atoms with van der Waals surface area (Å²) in [6.07, 6.45) is 0. The Balaban J connectivity index is 1.58. The molecule has 0 aliphatic carbocycles. The fourth-order valence-electron chi connectivity index (χ4n) is 2.41. The average molecular weight is 452 g/mol. The summed E-state index contributed by atoms with van der Waals surface area (Å²) in [6.45, 7) is 0. The van der Waals surface area contributed by atoms with Crippen LogP contribution >= 0.6 is 39.1 Å². The number of aromatic nitrogens is 1. The van der Waals surface area contributed by atoms with Crippen molar-refractivity contribution in [3.05, 3.63) is 69.0 Å². The number of amides is 1. The molecule has 0 saturated carbocycles. The Hall–Kier alpha value is -2.28. The van der Waals surface area contributed by atoms with Crippen molar-refractivity contribution in [1.82, 2.24) is 4.98 Å². The highest BCUT2D eigenvalue weighted by molar-refractivity contribution is 9.10. The fourth-order valence-corrected chi connectivity index (χ4v) is 3.24. The minimum Gasteiger partial charge on any atom is -0.444 e. The zero-order valence-corrected chi connectivity index (χ0v) is 16.0. The molecule has 0 radical (unpaired) electrons. The molecular formula is C18H9BrCl2N2O3. The largest absolute Gasteiger partial charge is 0.444 e. The molecule has 0 saturated heterocycles. The van der Waals surface area contributed by atoms with E-state index >= 15 is 0 Å². The Kier molecular flexibility index (Phi) is 4.48. The van der Waals surface area contributed by atoms with Gasteiger partial charge < -0.3 is 14.2 Å². The topological polar surface area (TPSA) is 68.3 Å². The average Bonchev–Trinajstić information content (AvgIpc) is 3.22. The second-order valence-corrected chi connectivity index (χ2v) is 7.02. The van der Waals surface area contributed by atoms with Gasteiger partial charge >= 0.3 is 0 Å². The van der Waals surface area contributed by atoms with Gasteiger partial charge in [0, 0.05) is 16.3 Å². The van der Waals surface area contributed by atoms with Crippen molar-refractivity contribution in [2.45, 2.75) is 0 Å². The first-order valence-corrected chi connectivity index (χ1v) is 8.97. The minimum absolute atomic E-state index is 0.214. The van der Waals surface area contributed by atoms with Crippen LogP contribution in [0.4, 0.5) is 5.69 Å². The third kappa shape index (κ3) is 3.35. The predicted octanol–water partition coefficient (Wildman–Crippen LogP) is 6.41. The molecular weight excluding hydrogens is 443 g/mol. The number of rotatable bonds is 3. The van der Waals surface area contributed by atoms with Gasteiger partial charge in [-0.2, -0.15) is 0 Å². The van der Waals surface area contributed by atoms with E-state index in [4.69, 9.17) is 32.0 Å². The van der Waals surface area contributed by atoms with Crippen molar-refractivity contribution >= 4 is 61.8 Å². The van der Waals surface area contributed by atoms with E-state index in [1.807, 2.05) is 0 Å². The lowest BCUT2D eigenvalue weighted by Crippen LogP contribution is -2.10.